The van der Waals surface area contributed by atoms with E-state index in [0.29, 0.717) is 11.5 Å². The Balaban J connectivity index is 1.57. The minimum Gasteiger partial charge on any atom is -0.494 e. The van der Waals surface area contributed by atoms with Crippen molar-refractivity contribution in [3.63, 3.8) is 0 Å². The molecule has 0 atom stereocenters. The average molecular weight is 356 g/mol. The van der Waals surface area contributed by atoms with Crippen LogP contribution >= 0.6 is 0 Å². The number of hydrogen-bond donors (Lipinski definition) is 0. The molecule has 1 aliphatic heterocycles. The quantitative estimate of drug-likeness (QED) is 0.714. The van der Waals surface area contributed by atoms with Crippen LogP contribution < -0.4 is 14.5 Å². The van der Waals surface area contributed by atoms with E-state index < -0.39 is 0 Å². The lowest BCUT2D eigenvalue weighted by Crippen LogP contribution is -2.47. The highest BCUT2D eigenvalue weighted by Crippen LogP contribution is 2.30. The fourth-order valence-corrected chi connectivity index (χ4v) is 3.34. The van der Waals surface area contributed by atoms with Crippen molar-refractivity contribution in [1.82, 2.24) is 19.6 Å². The van der Waals surface area contributed by atoms with E-state index in [1.807, 2.05) is 0 Å². The lowest BCUT2D eigenvalue weighted by Gasteiger charge is -2.37. The molecule has 8 heteroatoms. The molecule has 0 spiro atoms. The first kappa shape index (κ1) is 16.6. The minimum atomic E-state index is -0.290. The zero-order valence-corrected chi connectivity index (χ0v) is 14.9. The maximum Gasteiger partial charge on any atom is 0.254 e. The molecule has 26 heavy (non-hydrogen) atoms. The van der Waals surface area contributed by atoms with Gasteiger partial charge in [0.25, 0.3) is 5.78 Å². The summed E-state index contributed by atoms with van der Waals surface area (Å²) in [7, 11) is 1.57. The van der Waals surface area contributed by atoms with E-state index in [2.05, 4.69) is 37.9 Å². The van der Waals surface area contributed by atoms with Crippen LogP contribution in [-0.2, 0) is 6.42 Å². The standard InChI is InChI=1S/C18H21FN6O/c1-3-14-11-17(25-18(22-14)20-12-21-25)24-8-6-23(7-9-24)15-5-4-13(19)10-16(15)26-2/h4-5,10-12H,3,6-9H2,1-2H3. The summed E-state index contributed by atoms with van der Waals surface area (Å²) >= 11 is 0. The lowest BCUT2D eigenvalue weighted by molar-refractivity contribution is 0.410. The Labute approximate surface area is 151 Å². The summed E-state index contributed by atoms with van der Waals surface area (Å²) in [5, 5.41) is 4.31. The molecule has 1 fully saturated rings. The fourth-order valence-electron chi connectivity index (χ4n) is 3.34. The highest BCUT2D eigenvalue weighted by atomic mass is 19.1. The molecule has 0 aliphatic carbocycles. The van der Waals surface area contributed by atoms with Crippen molar-refractivity contribution < 1.29 is 9.13 Å². The summed E-state index contributed by atoms with van der Waals surface area (Å²) in [5.74, 6) is 1.91. The predicted molar refractivity (Wildman–Crippen MR) is 97.5 cm³/mol. The number of hydrogen-bond acceptors (Lipinski definition) is 6. The maximum absolute atomic E-state index is 13.4. The van der Waals surface area contributed by atoms with E-state index in [-0.39, 0.29) is 5.82 Å². The van der Waals surface area contributed by atoms with Crippen LogP contribution in [-0.4, -0.2) is 52.9 Å². The van der Waals surface area contributed by atoms with Gasteiger partial charge in [0.1, 0.15) is 23.7 Å². The first-order valence-corrected chi connectivity index (χ1v) is 8.72. The number of rotatable bonds is 4. The van der Waals surface area contributed by atoms with Crippen molar-refractivity contribution in [3.8, 4) is 5.75 Å². The molecule has 3 aromatic rings. The Morgan fingerprint density at radius 2 is 1.88 bits per heavy atom. The van der Waals surface area contributed by atoms with Crippen LogP contribution in [0.1, 0.15) is 12.6 Å². The second kappa shape index (κ2) is 6.78. The number of anilines is 2. The molecule has 136 valence electrons. The van der Waals surface area contributed by atoms with Gasteiger partial charge in [-0.1, -0.05) is 6.92 Å². The normalized spacial score (nSPS) is 14.9. The second-order valence-electron chi connectivity index (χ2n) is 6.22. The Kier molecular flexibility index (Phi) is 4.32. The summed E-state index contributed by atoms with van der Waals surface area (Å²) in [4.78, 5) is 13.2. The number of piperazine rings is 1. The molecule has 0 bridgehead atoms. The van der Waals surface area contributed by atoms with Crippen molar-refractivity contribution in [2.45, 2.75) is 13.3 Å². The number of aryl methyl sites for hydroxylation is 1. The van der Waals surface area contributed by atoms with Gasteiger partial charge in [-0.25, -0.2) is 9.37 Å². The third-order valence-corrected chi connectivity index (χ3v) is 4.73. The number of ether oxygens (including phenoxy) is 1. The zero-order valence-electron chi connectivity index (χ0n) is 14.9. The van der Waals surface area contributed by atoms with Crippen LogP contribution in [0.2, 0.25) is 0 Å². The molecule has 4 rings (SSSR count). The van der Waals surface area contributed by atoms with Crippen LogP contribution in [0.5, 0.6) is 5.75 Å². The van der Waals surface area contributed by atoms with Crippen LogP contribution in [0.3, 0.4) is 0 Å². The number of nitrogens with zero attached hydrogens (tertiary/aromatic N) is 6. The Morgan fingerprint density at radius 3 is 2.62 bits per heavy atom. The van der Waals surface area contributed by atoms with E-state index in [0.717, 1.165) is 49.8 Å². The Bertz CT molecular complexity index is 919. The number of methoxy groups -OCH3 is 1. The monoisotopic (exact) mass is 356 g/mol. The van der Waals surface area contributed by atoms with Gasteiger partial charge < -0.3 is 14.5 Å². The third kappa shape index (κ3) is 2.91. The van der Waals surface area contributed by atoms with E-state index in [4.69, 9.17) is 4.74 Å². The van der Waals surface area contributed by atoms with Gasteiger partial charge in [0, 0.05) is 44.0 Å². The summed E-state index contributed by atoms with van der Waals surface area (Å²) in [6.07, 6.45) is 2.38. The van der Waals surface area contributed by atoms with Gasteiger partial charge in [0.15, 0.2) is 0 Å². The van der Waals surface area contributed by atoms with E-state index >= 15 is 0 Å². The summed E-state index contributed by atoms with van der Waals surface area (Å²) in [5.41, 5.74) is 1.92. The first-order valence-electron chi connectivity index (χ1n) is 8.72. The van der Waals surface area contributed by atoms with Crippen molar-refractivity contribution in [2.75, 3.05) is 43.1 Å². The molecule has 0 radical (unpaired) electrons. The molecular formula is C18H21FN6O. The van der Waals surface area contributed by atoms with Gasteiger partial charge >= 0.3 is 0 Å². The number of halogens is 1. The highest BCUT2D eigenvalue weighted by molar-refractivity contribution is 5.60. The lowest BCUT2D eigenvalue weighted by atomic mass is 10.2. The highest BCUT2D eigenvalue weighted by Gasteiger charge is 2.22. The SMILES string of the molecule is CCc1cc(N2CCN(c3ccc(F)cc3OC)CC2)n2ncnc2n1. The molecular weight excluding hydrogens is 335 g/mol. The van der Waals surface area contributed by atoms with Crippen LogP contribution in [0.4, 0.5) is 15.9 Å². The number of benzene rings is 1. The second-order valence-corrected chi connectivity index (χ2v) is 6.22. The summed E-state index contributed by atoms with van der Waals surface area (Å²) in [6, 6.07) is 6.76. The third-order valence-electron chi connectivity index (χ3n) is 4.73. The van der Waals surface area contributed by atoms with Gasteiger partial charge in [-0.3, -0.25) is 0 Å². The molecule has 3 heterocycles. The molecule has 0 N–H and O–H groups in total. The molecule has 1 saturated heterocycles. The molecule has 0 unspecified atom stereocenters. The van der Waals surface area contributed by atoms with Crippen molar-refractivity contribution in [2.24, 2.45) is 0 Å². The van der Waals surface area contributed by atoms with Gasteiger partial charge in [-0.05, 0) is 18.6 Å². The Hall–Kier alpha value is -2.90. The number of fused-ring (bicyclic) bond motifs is 1. The molecule has 0 amide bonds. The zero-order chi connectivity index (χ0) is 18.1. The largest absolute Gasteiger partial charge is 0.494 e. The smallest absolute Gasteiger partial charge is 0.254 e. The van der Waals surface area contributed by atoms with E-state index in [1.165, 1.54) is 18.5 Å². The average Bonchev–Trinajstić information content (AvgIpc) is 3.16. The molecule has 7 nitrogen and oxygen atoms in total. The first-order chi connectivity index (χ1) is 12.7. The van der Waals surface area contributed by atoms with Crippen LogP contribution in [0.15, 0.2) is 30.6 Å². The fraction of sp³-hybridized carbons (Fsp3) is 0.389. The Morgan fingerprint density at radius 1 is 1.12 bits per heavy atom. The molecule has 1 aliphatic rings. The van der Waals surface area contributed by atoms with Crippen LogP contribution in [0, 0.1) is 5.82 Å². The molecule has 0 saturated carbocycles. The van der Waals surface area contributed by atoms with Gasteiger partial charge in [-0.2, -0.15) is 14.6 Å². The summed E-state index contributed by atoms with van der Waals surface area (Å²) < 4.78 is 20.6. The van der Waals surface area contributed by atoms with Crippen molar-refractivity contribution >= 4 is 17.3 Å². The van der Waals surface area contributed by atoms with Crippen molar-refractivity contribution in [3.05, 3.63) is 42.1 Å². The van der Waals surface area contributed by atoms with Gasteiger partial charge in [-0.15, -0.1) is 0 Å². The molecule has 1 aromatic carbocycles. The van der Waals surface area contributed by atoms with Gasteiger partial charge in [0.05, 0.1) is 12.8 Å². The summed E-state index contributed by atoms with van der Waals surface area (Å²) in [6.45, 7) is 5.34. The van der Waals surface area contributed by atoms with Gasteiger partial charge in [0.2, 0.25) is 0 Å². The van der Waals surface area contributed by atoms with E-state index in [9.17, 15) is 4.39 Å². The molecule has 2 aromatic heterocycles. The number of aromatic nitrogens is 4. The maximum atomic E-state index is 13.4. The predicted octanol–water partition coefficient (Wildman–Crippen LogP) is 2.16. The van der Waals surface area contributed by atoms with Crippen molar-refractivity contribution in [1.29, 1.82) is 0 Å². The van der Waals surface area contributed by atoms with E-state index in [1.54, 1.807) is 17.7 Å². The minimum absolute atomic E-state index is 0.290. The topological polar surface area (TPSA) is 58.8 Å². The van der Waals surface area contributed by atoms with Crippen LogP contribution in [0.25, 0.3) is 5.78 Å².